The zero-order chi connectivity index (χ0) is 15.4. The Morgan fingerprint density at radius 2 is 1.95 bits per heavy atom. The minimum atomic E-state index is -1.19. The molecule has 0 unspecified atom stereocenters. The monoisotopic (exact) mass is 293 g/mol. The topological polar surface area (TPSA) is 95.9 Å². The highest BCUT2D eigenvalue weighted by atomic mass is 16.5. The van der Waals surface area contributed by atoms with E-state index in [0.717, 1.165) is 0 Å². The third-order valence-corrected chi connectivity index (χ3v) is 3.61. The number of hydrogen-bond acceptors (Lipinski definition) is 5. The number of hydrogen-bond donors (Lipinski definition) is 3. The van der Waals surface area contributed by atoms with Crippen LogP contribution < -0.4 is 5.32 Å². The summed E-state index contributed by atoms with van der Waals surface area (Å²) in [7, 11) is 0. The summed E-state index contributed by atoms with van der Waals surface area (Å²) in [5.41, 5.74) is 0.425. The maximum Gasteiger partial charge on any atom is 0.311 e. The first-order valence-corrected chi connectivity index (χ1v) is 6.93. The smallest absolute Gasteiger partial charge is 0.311 e. The van der Waals surface area contributed by atoms with Crippen molar-refractivity contribution in [2.24, 2.45) is 5.92 Å². The summed E-state index contributed by atoms with van der Waals surface area (Å²) in [6.45, 7) is 1.89. The number of esters is 1. The van der Waals surface area contributed by atoms with Gasteiger partial charge in [-0.15, -0.1) is 0 Å². The van der Waals surface area contributed by atoms with Gasteiger partial charge in [0.1, 0.15) is 6.10 Å². The Bertz CT molecular complexity index is 504. The van der Waals surface area contributed by atoms with Crippen LogP contribution in [-0.4, -0.2) is 46.9 Å². The van der Waals surface area contributed by atoms with Gasteiger partial charge in [-0.05, 0) is 25.5 Å². The van der Waals surface area contributed by atoms with E-state index in [9.17, 15) is 19.8 Å². The van der Waals surface area contributed by atoms with Crippen molar-refractivity contribution in [3.63, 3.8) is 0 Å². The first kappa shape index (κ1) is 15.5. The summed E-state index contributed by atoms with van der Waals surface area (Å²) in [4.78, 5) is 24.0. The fourth-order valence-corrected chi connectivity index (χ4v) is 2.53. The molecule has 1 fully saturated rings. The average Bonchev–Trinajstić information content (AvgIpc) is 2.77. The fraction of sp³-hybridized carbons (Fsp3) is 0.467. The molecule has 1 aliphatic carbocycles. The molecular formula is C15H19NO5. The minimum Gasteiger partial charge on any atom is -0.466 e. The van der Waals surface area contributed by atoms with Crippen LogP contribution in [0.4, 0.5) is 0 Å². The number of aliphatic hydroxyl groups is 2. The van der Waals surface area contributed by atoms with Gasteiger partial charge in [0.15, 0.2) is 0 Å². The average molecular weight is 293 g/mol. The number of rotatable bonds is 4. The Morgan fingerprint density at radius 1 is 1.29 bits per heavy atom. The van der Waals surface area contributed by atoms with Crippen LogP contribution in [-0.2, 0) is 9.53 Å². The van der Waals surface area contributed by atoms with Crippen LogP contribution in [0, 0.1) is 5.92 Å². The number of carbonyl (C=O) groups excluding carboxylic acids is 2. The molecule has 1 aromatic carbocycles. The molecule has 0 radical (unpaired) electrons. The zero-order valence-corrected chi connectivity index (χ0v) is 11.7. The molecule has 1 aromatic rings. The molecular weight excluding hydrogens is 274 g/mol. The SMILES string of the molecule is CCOC(=O)[C@@H]1C[C@@H](O)[C@@H](O)[C@@H]1NC(=O)c1ccccc1. The van der Waals surface area contributed by atoms with E-state index in [-0.39, 0.29) is 13.0 Å². The van der Waals surface area contributed by atoms with Gasteiger partial charge in [0.2, 0.25) is 0 Å². The van der Waals surface area contributed by atoms with Crippen molar-refractivity contribution in [1.82, 2.24) is 5.32 Å². The maximum absolute atomic E-state index is 12.1. The second-order valence-electron chi connectivity index (χ2n) is 5.02. The summed E-state index contributed by atoms with van der Waals surface area (Å²) in [6, 6.07) is 7.63. The van der Waals surface area contributed by atoms with Gasteiger partial charge in [-0.25, -0.2) is 0 Å². The van der Waals surface area contributed by atoms with Crippen LogP contribution in [0.15, 0.2) is 30.3 Å². The van der Waals surface area contributed by atoms with Gasteiger partial charge in [0.25, 0.3) is 5.91 Å². The molecule has 0 heterocycles. The molecule has 114 valence electrons. The number of carbonyl (C=O) groups is 2. The number of amides is 1. The predicted octanol–water partition coefficient (Wildman–Crippen LogP) is 0.0898. The van der Waals surface area contributed by atoms with Crippen LogP contribution in [0.25, 0.3) is 0 Å². The van der Waals surface area contributed by atoms with Gasteiger partial charge in [0.05, 0.1) is 24.7 Å². The van der Waals surface area contributed by atoms with Gasteiger partial charge < -0.3 is 20.3 Å². The lowest BCUT2D eigenvalue weighted by Gasteiger charge is -2.22. The molecule has 6 heteroatoms. The quantitative estimate of drug-likeness (QED) is 0.684. The third-order valence-electron chi connectivity index (χ3n) is 3.61. The molecule has 0 aliphatic heterocycles. The van der Waals surface area contributed by atoms with Crippen LogP contribution in [0.3, 0.4) is 0 Å². The van der Waals surface area contributed by atoms with Crippen molar-refractivity contribution in [2.75, 3.05) is 6.61 Å². The third kappa shape index (κ3) is 3.40. The first-order chi connectivity index (χ1) is 10.0. The molecule has 4 atom stereocenters. The van der Waals surface area contributed by atoms with Crippen molar-refractivity contribution in [3.05, 3.63) is 35.9 Å². The van der Waals surface area contributed by atoms with Crippen molar-refractivity contribution in [1.29, 1.82) is 0 Å². The lowest BCUT2D eigenvalue weighted by Crippen LogP contribution is -2.47. The Balaban J connectivity index is 2.11. The normalized spacial score (nSPS) is 28.1. The Morgan fingerprint density at radius 3 is 2.57 bits per heavy atom. The van der Waals surface area contributed by atoms with Crippen LogP contribution in [0.5, 0.6) is 0 Å². The molecule has 21 heavy (non-hydrogen) atoms. The fourth-order valence-electron chi connectivity index (χ4n) is 2.53. The van der Waals surface area contributed by atoms with E-state index in [4.69, 9.17) is 4.74 Å². The van der Waals surface area contributed by atoms with Gasteiger partial charge in [-0.2, -0.15) is 0 Å². The zero-order valence-electron chi connectivity index (χ0n) is 11.7. The highest BCUT2D eigenvalue weighted by Crippen LogP contribution is 2.28. The Hall–Kier alpha value is -1.92. The lowest BCUT2D eigenvalue weighted by molar-refractivity contribution is -0.148. The molecule has 0 bridgehead atoms. The van der Waals surface area contributed by atoms with Crippen molar-refractivity contribution in [2.45, 2.75) is 31.6 Å². The van der Waals surface area contributed by atoms with Crippen molar-refractivity contribution < 1.29 is 24.5 Å². The van der Waals surface area contributed by atoms with E-state index >= 15 is 0 Å². The maximum atomic E-state index is 12.1. The standard InChI is InChI=1S/C15H19NO5/c1-2-21-15(20)10-8-11(17)13(18)12(10)16-14(19)9-6-4-3-5-7-9/h3-7,10-13,17-18H,2,8H2,1H3,(H,16,19)/t10-,11-,12-,13-/m1/s1. The molecule has 1 saturated carbocycles. The highest BCUT2D eigenvalue weighted by Gasteiger charge is 2.46. The molecule has 1 amide bonds. The van der Waals surface area contributed by atoms with Gasteiger partial charge in [-0.1, -0.05) is 18.2 Å². The highest BCUT2D eigenvalue weighted by molar-refractivity contribution is 5.94. The van der Waals surface area contributed by atoms with E-state index in [1.807, 2.05) is 0 Å². The summed E-state index contributed by atoms with van der Waals surface area (Å²) in [6.07, 6.45) is -2.17. The largest absolute Gasteiger partial charge is 0.466 e. The van der Waals surface area contributed by atoms with Crippen LogP contribution >= 0.6 is 0 Å². The van der Waals surface area contributed by atoms with Crippen molar-refractivity contribution >= 4 is 11.9 Å². The molecule has 6 nitrogen and oxygen atoms in total. The van der Waals surface area contributed by atoms with E-state index in [2.05, 4.69) is 5.32 Å². The van der Waals surface area contributed by atoms with Gasteiger partial charge >= 0.3 is 5.97 Å². The predicted molar refractivity (Wildman–Crippen MR) is 74.4 cm³/mol. The number of benzene rings is 1. The molecule has 0 spiro atoms. The summed E-state index contributed by atoms with van der Waals surface area (Å²) >= 11 is 0. The summed E-state index contributed by atoms with van der Waals surface area (Å²) < 4.78 is 4.93. The minimum absolute atomic E-state index is 0.0692. The molecule has 1 aliphatic rings. The molecule has 2 rings (SSSR count). The van der Waals surface area contributed by atoms with Crippen LogP contribution in [0.2, 0.25) is 0 Å². The van der Waals surface area contributed by atoms with Crippen molar-refractivity contribution in [3.8, 4) is 0 Å². The number of nitrogens with one attached hydrogen (secondary N) is 1. The second-order valence-corrected chi connectivity index (χ2v) is 5.02. The molecule has 0 saturated heterocycles. The van der Waals surface area contributed by atoms with Gasteiger partial charge in [-0.3, -0.25) is 9.59 Å². The summed E-state index contributed by atoms with van der Waals surface area (Å²) in [5, 5.41) is 22.3. The number of ether oxygens (including phenoxy) is 1. The van der Waals surface area contributed by atoms with Gasteiger partial charge in [0, 0.05) is 5.56 Å². The second kappa shape index (κ2) is 6.69. The number of aliphatic hydroxyl groups excluding tert-OH is 2. The first-order valence-electron chi connectivity index (χ1n) is 6.93. The molecule has 0 aromatic heterocycles. The van der Waals surface area contributed by atoms with E-state index in [1.165, 1.54) is 0 Å². The molecule has 3 N–H and O–H groups in total. The Labute approximate surface area is 122 Å². The van der Waals surface area contributed by atoms with E-state index in [1.54, 1.807) is 37.3 Å². The van der Waals surface area contributed by atoms with Crippen LogP contribution in [0.1, 0.15) is 23.7 Å². The van der Waals surface area contributed by atoms with E-state index < -0.39 is 36.0 Å². The lowest BCUT2D eigenvalue weighted by atomic mass is 10.0. The summed E-state index contributed by atoms with van der Waals surface area (Å²) in [5.74, 6) is -1.67. The Kier molecular flexibility index (Phi) is 4.93. The van der Waals surface area contributed by atoms with E-state index in [0.29, 0.717) is 5.56 Å².